The highest BCUT2D eigenvalue weighted by Crippen LogP contribution is 2.28. The number of benzene rings is 1. The molecule has 0 bridgehead atoms. The highest BCUT2D eigenvalue weighted by molar-refractivity contribution is 6.36. The summed E-state index contributed by atoms with van der Waals surface area (Å²) in [5.74, 6) is -0.514. The second-order valence-corrected chi connectivity index (χ2v) is 4.09. The molecule has 2 rings (SSSR count). The molecule has 1 heterocycles. The van der Waals surface area contributed by atoms with E-state index in [0.29, 0.717) is 11.1 Å². The molecular formula is C13H13NO2. The molecule has 0 saturated carbocycles. The van der Waals surface area contributed by atoms with Crippen LogP contribution in [0.2, 0.25) is 0 Å². The second kappa shape index (κ2) is 3.93. The van der Waals surface area contributed by atoms with Crippen molar-refractivity contribution in [2.45, 2.75) is 13.8 Å². The zero-order valence-corrected chi connectivity index (χ0v) is 9.28. The van der Waals surface area contributed by atoms with Gasteiger partial charge in [0.15, 0.2) is 0 Å². The Bertz CT molecular complexity index is 472. The average Bonchev–Trinajstić information content (AvgIpc) is 2.55. The van der Waals surface area contributed by atoms with Crippen molar-refractivity contribution in [1.82, 2.24) is 5.32 Å². The molecule has 2 amide bonds. The predicted octanol–water partition coefficient (Wildman–Crippen LogP) is 1.75. The minimum Gasteiger partial charge on any atom is -0.288 e. The smallest absolute Gasteiger partial charge is 0.259 e. The number of carbonyl (C=O) groups is 2. The molecule has 16 heavy (non-hydrogen) atoms. The summed E-state index contributed by atoms with van der Waals surface area (Å²) in [5.41, 5.74) is 1.89. The van der Waals surface area contributed by atoms with E-state index >= 15 is 0 Å². The Kier molecular flexibility index (Phi) is 2.60. The fourth-order valence-corrected chi connectivity index (χ4v) is 1.91. The fraction of sp³-hybridized carbons (Fsp3) is 0.231. The Hall–Kier alpha value is -1.90. The van der Waals surface area contributed by atoms with E-state index in [-0.39, 0.29) is 17.7 Å². The molecule has 0 spiro atoms. The summed E-state index contributed by atoms with van der Waals surface area (Å²) in [5, 5.41) is 2.34. The minimum atomic E-state index is -0.292. The number of imide groups is 1. The van der Waals surface area contributed by atoms with Crippen LogP contribution in [0.1, 0.15) is 19.4 Å². The maximum absolute atomic E-state index is 11.7. The molecule has 1 N–H and O–H groups in total. The zero-order valence-electron chi connectivity index (χ0n) is 9.28. The third-order valence-corrected chi connectivity index (χ3v) is 2.61. The third-order valence-electron chi connectivity index (χ3n) is 2.61. The van der Waals surface area contributed by atoms with E-state index in [2.05, 4.69) is 5.32 Å². The first-order valence-electron chi connectivity index (χ1n) is 5.26. The first kappa shape index (κ1) is 10.6. The molecule has 0 atom stereocenters. The SMILES string of the molecule is CC(C)C1=C(c2ccccc2)C(=O)NC1=O. The lowest BCUT2D eigenvalue weighted by Gasteiger charge is -2.06. The van der Waals surface area contributed by atoms with E-state index in [1.807, 2.05) is 44.2 Å². The van der Waals surface area contributed by atoms with Gasteiger partial charge in [-0.1, -0.05) is 44.2 Å². The van der Waals surface area contributed by atoms with E-state index < -0.39 is 0 Å². The Labute approximate surface area is 94.2 Å². The molecule has 1 aromatic carbocycles. The summed E-state index contributed by atoms with van der Waals surface area (Å²) in [4.78, 5) is 23.3. The molecule has 82 valence electrons. The van der Waals surface area contributed by atoms with E-state index in [1.54, 1.807) is 0 Å². The van der Waals surface area contributed by atoms with E-state index in [0.717, 1.165) is 5.56 Å². The summed E-state index contributed by atoms with van der Waals surface area (Å²) in [6, 6.07) is 9.28. The highest BCUT2D eigenvalue weighted by Gasteiger charge is 2.32. The van der Waals surface area contributed by atoms with E-state index in [4.69, 9.17) is 0 Å². The monoisotopic (exact) mass is 215 g/mol. The molecule has 1 aliphatic rings. The first-order valence-corrected chi connectivity index (χ1v) is 5.26. The number of carbonyl (C=O) groups excluding carboxylic acids is 2. The van der Waals surface area contributed by atoms with Gasteiger partial charge >= 0.3 is 0 Å². The van der Waals surface area contributed by atoms with E-state index in [1.165, 1.54) is 0 Å². The van der Waals surface area contributed by atoms with Crippen LogP contribution in [0.15, 0.2) is 35.9 Å². The van der Waals surface area contributed by atoms with Gasteiger partial charge in [0.05, 0.1) is 5.57 Å². The maximum Gasteiger partial charge on any atom is 0.259 e. The Morgan fingerprint density at radius 3 is 2.19 bits per heavy atom. The van der Waals surface area contributed by atoms with Crippen molar-refractivity contribution in [3.05, 3.63) is 41.5 Å². The topological polar surface area (TPSA) is 46.2 Å². The van der Waals surface area contributed by atoms with Gasteiger partial charge in [0.1, 0.15) is 0 Å². The summed E-state index contributed by atoms with van der Waals surface area (Å²) in [6.45, 7) is 3.83. The summed E-state index contributed by atoms with van der Waals surface area (Å²) < 4.78 is 0. The standard InChI is InChI=1S/C13H13NO2/c1-8(2)10-11(13(16)14-12(10)15)9-6-4-3-5-7-9/h3-8H,1-2H3,(H,14,15,16). The lowest BCUT2D eigenvalue weighted by Crippen LogP contribution is -2.23. The molecule has 0 unspecified atom stereocenters. The van der Waals surface area contributed by atoms with Crippen molar-refractivity contribution < 1.29 is 9.59 Å². The van der Waals surface area contributed by atoms with Crippen molar-refractivity contribution in [2.24, 2.45) is 5.92 Å². The van der Waals surface area contributed by atoms with Gasteiger partial charge < -0.3 is 0 Å². The Balaban J connectivity index is 2.59. The average molecular weight is 215 g/mol. The molecule has 0 fully saturated rings. The normalized spacial score (nSPS) is 15.9. The molecule has 1 aromatic rings. The van der Waals surface area contributed by atoms with Crippen LogP contribution < -0.4 is 5.32 Å². The summed E-state index contributed by atoms with van der Waals surface area (Å²) >= 11 is 0. The van der Waals surface area contributed by atoms with Crippen molar-refractivity contribution >= 4 is 17.4 Å². The maximum atomic E-state index is 11.7. The quantitative estimate of drug-likeness (QED) is 0.764. The first-order chi connectivity index (χ1) is 7.61. The van der Waals surface area contributed by atoms with Crippen LogP contribution in [0.5, 0.6) is 0 Å². The number of nitrogens with one attached hydrogen (secondary N) is 1. The Morgan fingerprint density at radius 1 is 1.00 bits per heavy atom. The van der Waals surface area contributed by atoms with Crippen molar-refractivity contribution in [1.29, 1.82) is 0 Å². The number of amides is 2. The van der Waals surface area contributed by atoms with Crippen LogP contribution in [-0.2, 0) is 9.59 Å². The number of hydrogen-bond donors (Lipinski definition) is 1. The van der Waals surface area contributed by atoms with Crippen LogP contribution in [-0.4, -0.2) is 11.8 Å². The van der Waals surface area contributed by atoms with Gasteiger partial charge in [-0.3, -0.25) is 14.9 Å². The van der Waals surface area contributed by atoms with Crippen molar-refractivity contribution in [3.63, 3.8) is 0 Å². The molecule has 3 heteroatoms. The predicted molar refractivity (Wildman–Crippen MR) is 61.3 cm³/mol. The molecular weight excluding hydrogens is 202 g/mol. The largest absolute Gasteiger partial charge is 0.288 e. The lowest BCUT2D eigenvalue weighted by atomic mass is 9.94. The summed E-state index contributed by atoms with van der Waals surface area (Å²) in [7, 11) is 0. The van der Waals surface area contributed by atoms with Gasteiger partial charge in [-0.05, 0) is 11.5 Å². The number of hydrogen-bond acceptors (Lipinski definition) is 2. The third kappa shape index (κ3) is 1.65. The molecule has 0 aliphatic carbocycles. The van der Waals surface area contributed by atoms with Gasteiger partial charge in [0, 0.05) is 5.57 Å². The highest BCUT2D eigenvalue weighted by atomic mass is 16.2. The minimum absolute atomic E-state index is 0.0432. The van der Waals surface area contributed by atoms with E-state index in [9.17, 15) is 9.59 Å². The lowest BCUT2D eigenvalue weighted by molar-refractivity contribution is -0.123. The van der Waals surface area contributed by atoms with Gasteiger partial charge in [0.25, 0.3) is 11.8 Å². The molecule has 0 saturated heterocycles. The second-order valence-electron chi connectivity index (χ2n) is 4.09. The van der Waals surface area contributed by atoms with Crippen LogP contribution in [0.25, 0.3) is 5.57 Å². The van der Waals surface area contributed by atoms with Gasteiger partial charge in [-0.2, -0.15) is 0 Å². The summed E-state index contributed by atoms with van der Waals surface area (Å²) in [6.07, 6.45) is 0. The molecule has 1 aliphatic heterocycles. The molecule has 0 aromatic heterocycles. The van der Waals surface area contributed by atoms with Crippen LogP contribution in [0, 0.1) is 5.92 Å². The number of rotatable bonds is 2. The van der Waals surface area contributed by atoms with Crippen molar-refractivity contribution in [3.8, 4) is 0 Å². The zero-order chi connectivity index (χ0) is 11.7. The van der Waals surface area contributed by atoms with Crippen LogP contribution in [0.3, 0.4) is 0 Å². The fourth-order valence-electron chi connectivity index (χ4n) is 1.91. The van der Waals surface area contributed by atoms with Gasteiger partial charge in [0.2, 0.25) is 0 Å². The Morgan fingerprint density at radius 2 is 1.62 bits per heavy atom. The molecule has 3 nitrogen and oxygen atoms in total. The molecule has 0 radical (unpaired) electrons. The van der Waals surface area contributed by atoms with Crippen LogP contribution in [0.4, 0.5) is 0 Å². The van der Waals surface area contributed by atoms with Gasteiger partial charge in [-0.15, -0.1) is 0 Å². The van der Waals surface area contributed by atoms with Gasteiger partial charge in [-0.25, -0.2) is 0 Å². The van der Waals surface area contributed by atoms with Crippen molar-refractivity contribution in [2.75, 3.05) is 0 Å². The van der Waals surface area contributed by atoms with Crippen LogP contribution >= 0.6 is 0 Å².